The normalized spacial score (nSPS) is 11.0. The van der Waals surface area contributed by atoms with Crippen molar-refractivity contribution in [2.45, 2.75) is 25.9 Å². The summed E-state index contributed by atoms with van der Waals surface area (Å²) in [6.45, 7) is 0.478. The second kappa shape index (κ2) is 7.98. The third kappa shape index (κ3) is 5.76. The molecule has 0 unspecified atom stereocenters. The molecule has 5 nitrogen and oxygen atoms in total. The fraction of sp³-hybridized carbons (Fsp3) is 0.312. The molecule has 0 atom stereocenters. The molecule has 0 saturated carbocycles. The van der Waals surface area contributed by atoms with Crippen LogP contribution in [0, 0.1) is 11.3 Å². The van der Waals surface area contributed by atoms with Crippen LogP contribution < -0.4 is 10.1 Å². The molecule has 9 heteroatoms. The van der Waals surface area contributed by atoms with Crippen molar-refractivity contribution in [1.82, 2.24) is 4.98 Å². The number of aromatic nitrogens is 1. The molecule has 0 aliphatic heterocycles. The lowest BCUT2D eigenvalue weighted by atomic mass is 10.2. The summed E-state index contributed by atoms with van der Waals surface area (Å²) in [5.74, 6) is -0.522. The maximum atomic E-state index is 12.2. The second-order valence-electron chi connectivity index (χ2n) is 5.04. The Morgan fingerprint density at radius 1 is 1.44 bits per heavy atom. The van der Waals surface area contributed by atoms with Gasteiger partial charge in [-0.15, -0.1) is 11.3 Å². The Hall–Kier alpha value is -2.60. The molecule has 1 heterocycles. The first-order valence-electron chi connectivity index (χ1n) is 7.27. The maximum absolute atomic E-state index is 12.2. The highest BCUT2D eigenvalue weighted by atomic mass is 32.1. The molecule has 0 saturated heterocycles. The van der Waals surface area contributed by atoms with Crippen LogP contribution in [0.15, 0.2) is 23.6 Å². The molecule has 2 rings (SSSR count). The van der Waals surface area contributed by atoms with Crippen molar-refractivity contribution >= 4 is 22.9 Å². The van der Waals surface area contributed by atoms with E-state index in [1.54, 1.807) is 11.4 Å². The van der Waals surface area contributed by atoms with Gasteiger partial charge in [0.15, 0.2) is 6.61 Å². The topological polar surface area (TPSA) is 75.0 Å². The van der Waals surface area contributed by atoms with Crippen LogP contribution >= 0.6 is 11.3 Å². The number of nitrogens with one attached hydrogen (secondary N) is 1. The second-order valence-corrected chi connectivity index (χ2v) is 5.98. The lowest BCUT2D eigenvalue weighted by Crippen LogP contribution is -2.19. The first-order valence-corrected chi connectivity index (χ1v) is 8.15. The number of hydrogen-bond donors (Lipinski definition) is 1. The molecule has 2 aromatic rings. The number of benzene rings is 1. The summed E-state index contributed by atoms with van der Waals surface area (Å²) >= 11 is 1.47. The highest BCUT2D eigenvalue weighted by Gasteiger charge is 2.28. The number of hydrogen-bond acceptors (Lipinski definition) is 5. The van der Waals surface area contributed by atoms with Gasteiger partial charge in [-0.25, -0.2) is 4.98 Å². The average molecular weight is 369 g/mol. The Morgan fingerprint density at radius 2 is 2.20 bits per heavy atom. The van der Waals surface area contributed by atoms with Gasteiger partial charge in [0.25, 0.3) is 0 Å². The van der Waals surface area contributed by atoms with Gasteiger partial charge in [0, 0.05) is 11.1 Å². The van der Waals surface area contributed by atoms with Crippen molar-refractivity contribution in [2.24, 2.45) is 0 Å². The third-order valence-corrected chi connectivity index (χ3v) is 4.06. The number of carbonyl (C=O) groups is 1. The van der Waals surface area contributed by atoms with Gasteiger partial charge < -0.3 is 10.1 Å². The zero-order valence-corrected chi connectivity index (χ0v) is 14.0. The van der Waals surface area contributed by atoms with Crippen molar-refractivity contribution in [3.63, 3.8) is 0 Å². The van der Waals surface area contributed by atoms with Gasteiger partial charge in [-0.2, -0.15) is 18.4 Å². The monoisotopic (exact) mass is 369 g/mol. The number of rotatable bonds is 6. The predicted octanol–water partition coefficient (Wildman–Crippen LogP) is 3.70. The Kier molecular flexibility index (Phi) is 5.98. The number of ether oxygens (including phenoxy) is 1. The maximum Gasteiger partial charge on any atom is 0.422 e. The molecule has 0 fully saturated rings. The molecule has 0 radical (unpaired) electrons. The van der Waals surface area contributed by atoms with E-state index in [4.69, 9.17) is 5.26 Å². The number of halogens is 3. The minimum absolute atomic E-state index is 0.0741. The summed E-state index contributed by atoms with van der Waals surface area (Å²) in [5.41, 5.74) is 0.848. The van der Waals surface area contributed by atoms with Gasteiger partial charge in [0.05, 0.1) is 22.7 Å². The van der Waals surface area contributed by atoms with Crippen molar-refractivity contribution in [3.05, 3.63) is 39.8 Å². The van der Waals surface area contributed by atoms with Crippen LogP contribution in [0.3, 0.4) is 0 Å². The minimum atomic E-state index is -4.50. The van der Waals surface area contributed by atoms with Crippen molar-refractivity contribution in [1.29, 1.82) is 5.26 Å². The fourth-order valence-corrected chi connectivity index (χ4v) is 2.69. The molecule has 1 aromatic heterocycles. The molecular weight excluding hydrogens is 355 g/mol. The Morgan fingerprint density at radius 3 is 2.80 bits per heavy atom. The fourth-order valence-electron chi connectivity index (χ4n) is 1.94. The summed E-state index contributed by atoms with van der Waals surface area (Å²) < 4.78 is 41.2. The van der Waals surface area contributed by atoms with E-state index in [0.717, 1.165) is 11.4 Å². The van der Waals surface area contributed by atoms with Crippen LogP contribution in [0.2, 0.25) is 0 Å². The summed E-state index contributed by atoms with van der Waals surface area (Å²) in [6.07, 6.45) is -3.63. The molecule has 25 heavy (non-hydrogen) atoms. The zero-order valence-electron chi connectivity index (χ0n) is 13.2. The van der Waals surface area contributed by atoms with Gasteiger partial charge in [-0.3, -0.25) is 4.79 Å². The van der Waals surface area contributed by atoms with Gasteiger partial charge in [-0.1, -0.05) is 6.92 Å². The number of thiazole rings is 1. The number of alkyl halides is 3. The minimum Gasteiger partial charge on any atom is -0.483 e. The van der Waals surface area contributed by atoms with E-state index in [2.05, 4.69) is 15.0 Å². The number of amides is 1. The van der Waals surface area contributed by atoms with Gasteiger partial charge in [0.1, 0.15) is 11.8 Å². The van der Waals surface area contributed by atoms with Crippen molar-refractivity contribution in [3.8, 4) is 11.8 Å². The summed E-state index contributed by atoms with van der Waals surface area (Å²) in [5, 5.41) is 14.4. The van der Waals surface area contributed by atoms with E-state index in [9.17, 15) is 18.0 Å². The van der Waals surface area contributed by atoms with Gasteiger partial charge in [-0.05, 0) is 24.6 Å². The van der Waals surface area contributed by atoms with E-state index in [0.29, 0.717) is 11.4 Å². The Bertz CT molecular complexity index is 797. The molecule has 1 aromatic carbocycles. The van der Waals surface area contributed by atoms with E-state index in [-0.39, 0.29) is 23.6 Å². The lowest BCUT2D eigenvalue weighted by molar-refractivity contribution is -0.153. The molecule has 1 N–H and O–H groups in total. The van der Waals surface area contributed by atoms with E-state index in [1.165, 1.54) is 29.5 Å². The van der Waals surface area contributed by atoms with Crippen LogP contribution in [-0.2, 0) is 17.6 Å². The van der Waals surface area contributed by atoms with Crippen LogP contribution in [-0.4, -0.2) is 23.7 Å². The Balaban J connectivity index is 2.02. The van der Waals surface area contributed by atoms with E-state index < -0.39 is 12.8 Å². The van der Waals surface area contributed by atoms with Crippen LogP contribution in [0.4, 0.5) is 18.9 Å². The zero-order chi connectivity index (χ0) is 18.4. The van der Waals surface area contributed by atoms with Crippen LogP contribution in [0.1, 0.15) is 23.2 Å². The number of nitrogens with zero attached hydrogens (tertiary/aromatic N) is 2. The number of aryl methyl sites for hydroxylation is 1. The molecule has 0 aliphatic rings. The van der Waals surface area contributed by atoms with Gasteiger partial charge >= 0.3 is 6.18 Å². The molecule has 0 bridgehead atoms. The lowest BCUT2D eigenvalue weighted by Gasteiger charge is -2.11. The number of carbonyl (C=O) groups excluding carboxylic acids is 1. The quantitative estimate of drug-likeness (QED) is 0.842. The predicted molar refractivity (Wildman–Crippen MR) is 86.5 cm³/mol. The van der Waals surface area contributed by atoms with Crippen LogP contribution in [0.25, 0.3) is 0 Å². The first kappa shape index (κ1) is 18.7. The largest absolute Gasteiger partial charge is 0.483 e. The van der Waals surface area contributed by atoms with E-state index >= 15 is 0 Å². The highest BCUT2D eigenvalue weighted by molar-refractivity contribution is 7.09. The van der Waals surface area contributed by atoms with Crippen LogP contribution in [0.5, 0.6) is 5.75 Å². The van der Waals surface area contributed by atoms with E-state index in [1.807, 2.05) is 6.92 Å². The van der Waals surface area contributed by atoms with Gasteiger partial charge in [0.2, 0.25) is 5.91 Å². The van der Waals surface area contributed by atoms with Crippen molar-refractivity contribution < 1.29 is 22.7 Å². The summed E-state index contributed by atoms with van der Waals surface area (Å²) in [7, 11) is 0. The molecule has 1 amide bonds. The third-order valence-electron chi connectivity index (χ3n) is 3.02. The summed E-state index contributed by atoms with van der Waals surface area (Å²) in [6, 6.07) is 5.62. The SMILES string of the molecule is CCc1nc(CC(=O)Nc2ccc(OCC(F)(F)F)c(C#N)c2)cs1. The molecular formula is C16H14F3N3O2S. The standard InChI is InChI=1S/C16H14F3N3O2S/c1-2-15-22-12(8-25-15)6-14(23)21-11-3-4-13(10(5-11)7-20)24-9-16(17,18)19/h3-5,8H,2,6,9H2,1H3,(H,21,23). The van der Waals surface area contributed by atoms with Crippen molar-refractivity contribution in [2.75, 3.05) is 11.9 Å². The average Bonchev–Trinajstić information content (AvgIpc) is 3.00. The number of nitriles is 1. The molecule has 0 aliphatic carbocycles. The molecule has 132 valence electrons. The highest BCUT2D eigenvalue weighted by Crippen LogP contribution is 2.25. The Labute approximate surface area is 146 Å². The smallest absolute Gasteiger partial charge is 0.422 e. The number of anilines is 1. The first-order chi connectivity index (χ1) is 11.8. The summed E-state index contributed by atoms with van der Waals surface area (Å²) in [4.78, 5) is 16.3. The molecule has 0 spiro atoms.